The molecule has 0 radical (unpaired) electrons. The summed E-state index contributed by atoms with van der Waals surface area (Å²) in [4.78, 5) is 14.1. The summed E-state index contributed by atoms with van der Waals surface area (Å²) in [6, 6.07) is 15.7. The molecule has 0 unspecified atom stereocenters. The Morgan fingerprint density at radius 1 is 1.05 bits per heavy atom. The molecule has 2 aromatic rings. The molecule has 110 valence electrons. The molecule has 3 nitrogen and oxygen atoms in total. The topological polar surface area (TPSA) is 32.3 Å². The molecule has 1 saturated heterocycles. The SMILES string of the molecule is Cc1ccc(/C=C2\NC(=S)N(c3cccc(C)c3)C2=O)cc1. The van der Waals surface area contributed by atoms with Crippen LogP contribution in [-0.2, 0) is 4.79 Å². The fraction of sp³-hybridized carbons (Fsp3) is 0.111. The van der Waals surface area contributed by atoms with Gasteiger partial charge in [-0.05, 0) is 55.4 Å². The highest BCUT2D eigenvalue weighted by Crippen LogP contribution is 2.23. The van der Waals surface area contributed by atoms with E-state index in [1.54, 1.807) is 0 Å². The maximum atomic E-state index is 12.6. The lowest BCUT2D eigenvalue weighted by Gasteiger charge is -2.14. The van der Waals surface area contributed by atoms with E-state index in [1.165, 1.54) is 10.5 Å². The van der Waals surface area contributed by atoms with Crippen molar-refractivity contribution in [3.63, 3.8) is 0 Å². The number of rotatable bonds is 2. The van der Waals surface area contributed by atoms with Gasteiger partial charge in [-0.25, -0.2) is 0 Å². The standard InChI is InChI=1S/C18H16N2OS/c1-12-6-8-14(9-7-12)11-16-17(21)20(18(22)19-16)15-5-3-4-13(2)10-15/h3-11H,1-2H3,(H,19,22)/b16-11-. The molecule has 2 aromatic carbocycles. The minimum Gasteiger partial charge on any atom is -0.327 e. The third-order valence-corrected chi connectivity index (χ3v) is 3.81. The molecule has 0 spiro atoms. The predicted octanol–water partition coefficient (Wildman–Crippen LogP) is 3.57. The fourth-order valence-corrected chi connectivity index (χ4v) is 2.66. The second-order valence-electron chi connectivity index (χ2n) is 5.38. The predicted molar refractivity (Wildman–Crippen MR) is 93.6 cm³/mol. The van der Waals surface area contributed by atoms with Gasteiger partial charge >= 0.3 is 0 Å². The summed E-state index contributed by atoms with van der Waals surface area (Å²) in [5.74, 6) is -0.129. The van der Waals surface area contributed by atoms with E-state index in [0.717, 1.165) is 16.8 Å². The zero-order valence-corrected chi connectivity index (χ0v) is 13.3. The number of nitrogens with zero attached hydrogens (tertiary/aromatic N) is 1. The molecule has 1 aliphatic heterocycles. The van der Waals surface area contributed by atoms with Crippen LogP contribution in [0.5, 0.6) is 0 Å². The second-order valence-corrected chi connectivity index (χ2v) is 5.77. The lowest BCUT2D eigenvalue weighted by Crippen LogP contribution is -2.30. The van der Waals surface area contributed by atoms with Crippen molar-refractivity contribution in [2.24, 2.45) is 0 Å². The van der Waals surface area contributed by atoms with E-state index in [1.807, 2.05) is 68.5 Å². The minimum absolute atomic E-state index is 0.129. The van der Waals surface area contributed by atoms with Gasteiger partial charge in [0.25, 0.3) is 5.91 Å². The first-order valence-corrected chi connectivity index (χ1v) is 7.46. The summed E-state index contributed by atoms with van der Waals surface area (Å²) < 4.78 is 0. The van der Waals surface area contributed by atoms with Crippen LogP contribution in [-0.4, -0.2) is 11.0 Å². The van der Waals surface area contributed by atoms with Gasteiger partial charge in [-0.3, -0.25) is 9.69 Å². The van der Waals surface area contributed by atoms with Gasteiger partial charge < -0.3 is 5.32 Å². The highest BCUT2D eigenvalue weighted by molar-refractivity contribution is 7.80. The third kappa shape index (κ3) is 2.78. The summed E-state index contributed by atoms with van der Waals surface area (Å²) in [6.07, 6.45) is 1.82. The van der Waals surface area contributed by atoms with Crippen molar-refractivity contribution in [1.82, 2.24) is 5.32 Å². The number of amides is 1. The summed E-state index contributed by atoms with van der Waals surface area (Å²) in [6.45, 7) is 4.02. The summed E-state index contributed by atoms with van der Waals surface area (Å²) in [7, 11) is 0. The van der Waals surface area contributed by atoms with Crippen LogP contribution in [0.3, 0.4) is 0 Å². The lowest BCUT2D eigenvalue weighted by molar-refractivity contribution is -0.113. The zero-order chi connectivity index (χ0) is 15.7. The van der Waals surface area contributed by atoms with Crippen molar-refractivity contribution in [1.29, 1.82) is 0 Å². The van der Waals surface area contributed by atoms with E-state index in [9.17, 15) is 4.79 Å². The monoisotopic (exact) mass is 308 g/mol. The Balaban J connectivity index is 1.93. The van der Waals surface area contributed by atoms with Gasteiger partial charge in [-0.1, -0.05) is 42.0 Å². The third-order valence-electron chi connectivity index (χ3n) is 3.53. The number of benzene rings is 2. The minimum atomic E-state index is -0.129. The van der Waals surface area contributed by atoms with E-state index < -0.39 is 0 Å². The van der Waals surface area contributed by atoms with Gasteiger partial charge in [0.15, 0.2) is 5.11 Å². The summed E-state index contributed by atoms with van der Waals surface area (Å²) in [5.41, 5.74) is 4.52. The van der Waals surface area contributed by atoms with Crippen molar-refractivity contribution >= 4 is 35.0 Å². The smallest absolute Gasteiger partial charge is 0.281 e. The molecule has 0 bridgehead atoms. The Morgan fingerprint density at radius 3 is 2.45 bits per heavy atom. The highest BCUT2D eigenvalue weighted by atomic mass is 32.1. The van der Waals surface area contributed by atoms with Gasteiger partial charge in [0.1, 0.15) is 5.70 Å². The number of anilines is 1. The molecule has 0 saturated carbocycles. The first-order chi connectivity index (χ1) is 10.5. The van der Waals surface area contributed by atoms with Crippen molar-refractivity contribution in [2.45, 2.75) is 13.8 Å². The molecule has 4 heteroatoms. The maximum Gasteiger partial charge on any atom is 0.281 e. The Labute approximate surface area is 135 Å². The first kappa shape index (κ1) is 14.5. The molecule has 1 fully saturated rings. The molecule has 0 aliphatic carbocycles. The maximum absolute atomic E-state index is 12.6. The van der Waals surface area contributed by atoms with Crippen LogP contribution in [0.25, 0.3) is 6.08 Å². The van der Waals surface area contributed by atoms with Crippen LogP contribution in [0.2, 0.25) is 0 Å². The number of hydrogen-bond donors (Lipinski definition) is 1. The molecule has 1 amide bonds. The number of nitrogens with one attached hydrogen (secondary N) is 1. The zero-order valence-electron chi connectivity index (χ0n) is 12.5. The van der Waals surface area contributed by atoms with Gasteiger partial charge in [0.05, 0.1) is 5.69 Å². The van der Waals surface area contributed by atoms with E-state index in [-0.39, 0.29) is 5.91 Å². The summed E-state index contributed by atoms with van der Waals surface area (Å²) >= 11 is 5.31. The quantitative estimate of drug-likeness (QED) is 0.680. The Bertz CT molecular complexity index is 778. The van der Waals surface area contributed by atoms with Crippen LogP contribution in [0.4, 0.5) is 5.69 Å². The highest BCUT2D eigenvalue weighted by Gasteiger charge is 2.31. The number of carbonyl (C=O) groups is 1. The molecule has 1 aliphatic rings. The fourth-order valence-electron chi connectivity index (χ4n) is 2.37. The van der Waals surface area contributed by atoms with Gasteiger partial charge in [0.2, 0.25) is 0 Å². The molecular formula is C18H16N2OS. The van der Waals surface area contributed by atoms with Crippen molar-refractivity contribution in [3.8, 4) is 0 Å². The van der Waals surface area contributed by atoms with Gasteiger partial charge in [-0.2, -0.15) is 0 Å². The van der Waals surface area contributed by atoms with Crippen LogP contribution in [0, 0.1) is 13.8 Å². The van der Waals surface area contributed by atoms with Crippen LogP contribution >= 0.6 is 12.2 Å². The van der Waals surface area contributed by atoms with Gasteiger partial charge in [0, 0.05) is 0 Å². The molecule has 1 N–H and O–H groups in total. The van der Waals surface area contributed by atoms with E-state index in [0.29, 0.717) is 10.8 Å². The second kappa shape index (κ2) is 5.73. The molecule has 22 heavy (non-hydrogen) atoms. The van der Waals surface area contributed by atoms with Crippen LogP contribution in [0.15, 0.2) is 54.2 Å². The molecular weight excluding hydrogens is 292 g/mol. The number of aryl methyl sites for hydroxylation is 2. The molecule has 1 heterocycles. The lowest BCUT2D eigenvalue weighted by atomic mass is 10.1. The largest absolute Gasteiger partial charge is 0.327 e. The average molecular weight is 308 g/mol. The van der Waals surface area contributed by atoms with E-state index >= 15 is 0 Å². The average Bonchev–Trinajstić information content (AvgIpc) is 2.76. The van der Waals surface area contributed by atoms with Crippen LogP contribution < -0.4 is 10.2 Å². The van der Waals surface area contributed by atoms with E-state index in [2.05, 4.69) is 5.32 Å². The Morgan fingerprint density at radius 2 is 1.77 bits per heavy atom. The normalized spacial score (nSPS) is 16.3. The Hall–Kier alpha value is -2.46. The molecule has 0 atom stereocenters. The summed E-state index contributed by atoms with van der Waals surface area (Å²) in [5, 5.41) is 3.41. The van der Waals surface area contributed by atoms with E-state index in [4.69, 9.17) is 12.2 Å². The first-order valence-electron chi connectivity index (χ1n) is 7.05. The number of thiocarbonyl (C=S) groups is 1. The van der Waals surface area contributed by atoms with Crippen molar-refractivity contribution in [3.05, 3.63) is 70.9 Å². The number of carbonyl (C=O) groups excluding carboxylic acids is 1. The van der Waals surface area contributed by atoms with Crippen molar-refractivity contribution < 1.29 is 4.79 Å². The molecule has 3 rings (SSSR count). The molecule has 0 aromatic heterocycles. The number of hydrogen-bond acceptors (Lipinski definition) is 2. The van der Waals surface area contributed by atoms with Gasteiger partial charge in [-0.15, -0.1) is 0 Å². The van der Waals surface area contributed by atoms with Crippen molar-refractivity contribution in [2.75, 3.05) is 4.90 Å². The van der Waals surface area contributed by atoms with Crippen LogP contribution in [0.1, 0.15) is 16.7 Å². The Kier molecular flexibility index (Phi) is 3.77.